The van der Waals surface area contributed by atoms with Crippen molar-refractivity contribution < 1.29 is 14.3 Å². The van der Waals surface area contributed by atoms with Gasteiger partial charge in [-0.3, -0.25) is 4.79 Å². The molecule has 26 heavy (non-hydrogen) atoms. The highest BCUT2D eigenvalue weighted by molar-refractivity contribution is 5.92. The van der Waals surface area contributed by atoms with Crippen LogP contribution in [0.25, 0.3) is 0 Å². The molecule has 0 aromatic carbocycles. The number of amides is 2. The van der Waals surface area contributed by atoms with Gasteiger partial charge in [0.05, 0.1) is 6.61 Å². The summed E-state index contributed by atoms with van der Waals surface area (Å²) in [5.41, 5.74) is 0.298. The summed E-state index contributed by atoms with van der Waals surface area (Å²) in [6.07, 6.45) is 2.16. The maximum Gasteiger partial charge on any atom is 0.409 e. The van der Waals surface area contributed by atoms with Crippen LogP contribution in [-0.4, -0.2) is 59.4 Å². The van der Waals surface area contributed by atoms with Gasteiger partial charge >= 0.3 is 6.09 Å². The fourth-order valence-electron chi connectivity index (χ4n) is 2.72. The van der Waals surface area contributed by atoms with Crippen LogP contribution < -0.4 is 10.6 Å². The Hall–Kier alpha value is -2.38. The molecule has 1 saturated heterocycles. The number of carbonyl (C=O) groups excluding carboxylic acids is 2. The molecule has 2 rings (SSSR count). The molecular weight excluding hydrogens is 334 g/mol. The first-order valence-electron chi connectivity index (χ1n) is 9.29. The van der Waals surface area contributed by atoms with Gasteiger partial charge in [0.15, 0.2) is 5.69 Å². The lowest BCUT2D eigenvalue weighted by Crippen LogP contribution is -2.46. The molecular formula is C18H29N5O3. The molecule has 8 nitrogen and oxygen atoms in total. The van der Waals surface area contributed by atoms with Crippen molar-refractivity contribution in [1.82, 2.24) is 20.4 Å². The minimum Gasteiger partial charge on any atom is -0.450 e. The maximum atomic E-state index is 12.3. The maximum absolute atomic E-state index is 12.3. The number of piperidine rings is 1. The number of hydrogen-bond donors (Lipinski definition) is 2. The first-order chi connectivity index (χ1) is 12.5. The number of nitrogens with one attached hydrogen (secondary N) is 2. The lowest BCUT2D eigenvalue weighted by atomic mass is 10.1. The Morgan fingerprint density at radius 3 is 2.58 bits per heavy atom. The smallest absolute Gasteiger partial charge is 0.409 e. The summed E-state index contributed by atoms with van der Waals surface area (Å²) in [4.78, 5) is 25.7. The molecule has 0 spiro atoms. The van der Waals surface area contributed by atoms with Crippen LogP contribution in [0.15, 0.2) is 12.1 Å². The molecule has 0 bridgehead atoms. The van der Waals surface area contributed by atoms with E-state index in [9.17, 15) is 9.59 Å². The molecule has 1 aliphatic rings. The summed E-state index contributed by atoms with van der Waals surface area (Å²) in [5, 5.41) is 14.2. The second kappa shape index (κ2) is 9.94. The van der Waals surface area contributed by atoms with Gasteiger partial charge in [-0.25, -0.2) is 4.79 Å². The predicted molar refractivity (Wildman–Crippen MR) is 99.1 cm³/mol. The van der Waals surface area contributed by atoms with Gasteiger partial charge in [0.2, 0.25) is 0 Å². The van der Waals surface area contributed by atoms with E-state index in [1.165, 1.54) is 0 Å². The normalized spacial score (nSPS) is 15.0. The van der Waals surface area contributed by atoms with Gasteiger partial charge in [0.1, 0.15) is 5.82 Å². The summed E-state index contributed by atoms with van der Waals surface area (Å²) in [6.45, 7) is 8.48. The minimum absolute atomic E-state index is 0.0267. The van der Waals surface area contributed by atoms with Crippen molar-refractivity contribution >= 4 is 17.8 Å². The van der Waals surface area contributed by atoms with E-state index >= 15 is 0 Å². The highest BCUT2D eigenvalue weighted by Gasteiger charge is 2.25. The molecule has 1 aromatic rings. The summed E-state index contributed by atoms with van der Waals surface area (Å²) in [7, 11) is 0. The molecule has 0 aliphatic carbocycles. The first kappa shape index (κ1) is 19.9. The zero-order valence-electron chi connectivity index (χ0n) is 15.8. The van der Waals surface area contributed by atoms with Gasteiger partial charge in [-0.15, -0.1) is 10.2 Å². The fourth-order valence-corrected chi connectivity index (χ4v) is 2.72. The monoisotopic (exact) mass is 363 g/mol. The third-order valence-corrected chi connectivity index (χ3v) is 4.28. The number of ether oxygens (including phenoxy) is 1. The molecule has 8 heteroatoms. The van der Waals surface area contributed by atoms with Crippen molar-refractivity contribution in [1.29, 1.82) is 0 Å². The van der Waals surface area contributed by atoms with Crippen molar-refractivity contribution in [2.45, 2.75) is 46.1 Å². The minimum atomic E-state index is -0.288. The lowest BCUT2D eigenvalue weighted by molar-refractivity contribution is 0.0856. The van der Waals surface area contributed by atoms with E-state index in [1.54, 1.807) is 24.0 Å². The Morgan fingerprint density at radius 2 is 2.00 bits per heavy atom. The quantitative estimate of drug-likeness (QED) is 0.771. The molecule has 0 radical (unpaired) electrons. The highest BCUT2D eigenvalue weighted by atomic mass is 16.6. The van der Waals surface area contributed by atoms with Gasteiger partial charge in [-0.2, -0.15) is 0 Å². The van der Waals surface area contributed by atoms with Gasteiger partial charge < -0.3 is 20.3 Å². The SMILES string of the molecule is CCOC(=O)N1CCC(NC(=O)c2ccc(NCCC(C)C)nn2)CC1. The van der Waals surface area contributed by atoms with Crippen LogP contribution in [0.4, 0.5) is 10.6 Å². The van der Waals surface area contributed by atoms with E-state index in [1.807, 2.05) is 0 Å². The van der Waals surface area contributed by atoms with E-state index in [2.05, 4.69) is 34.7 Å². The van der Waals surface area contributed by atoms with Crippen molar-refractivity contribution in [3.05, 3.63) is 17.8 Å². The molecule has 0 saturated carbocycles. The van der Waals surface area contributed by atoms with Crippen LogP contribution in [0.2, 0.25) is 0 Å². The number of carbonyl (C=O) groups is 2. The number of hydrogen-bond acceptors (Lipinski definition) is 6. The predicted octanol–water partition coefficient (Wildman–Crippen LogP) is 2.29. The Morgan fingerprint density at radius 1 is 1.27 bits per heavy atom. The lowest BCUT2D eigenvalue weighted by Gasteiger charge is -2.31. The third-order valence-electron chi connectivity index (χ3n) is 4.28. The van der Waals surface area contributed by atoms with E-state index < -0.39 is 0 Å². The Labute approximate surface area is 154 Å². The zero-order chi connectivity index (χ0) is 18.9. The Bertz CT molecular complexity index is 583. The van der Waals surface area contributed by atoms with Crippen LogP contribution in [0, 0.1) is 5.92 Å². The van der Waals surface area contributed by atoms with Crippen LogP contribution in [0.3, 0.4) is 0 Å². The first-order valence-corrected chi connectivity index (χ1v) is 9.29. The highest BCUT2D eigenvalue weighted by Crippen LogP contribution is 2.12. The van der Waals surface area contributed by atoms with Crippen LogP contribution in [0.5, 0.6) is 0 Å². The van der Waals surface area contributed by atoms with E-state index in [0.29, 0.717) is 50.0 Å². The molecule has 0 unspecified atom stereocenters. The van der Waals surface area contributed by atoms with E-state index in [4.69, 9.17) is 4.74 Å². The fraction of sp³-hybridized carbons (Fsp3) is 0.667. The summed E-state index contributed by atoms with van der Waals surface area (Å²) < 4.78 is 4.99. The molecule has 0 atom stereocenters. The number of likely N-dealkylation sites (tertiary alicyclic amines) is 1. The van der Waals surface area contributed by atoms with Crippen molar-refractivity contribution in [2.75, 3.05) is 31.6 Å². The van der Waals surface area contributed by atoms with Crippen molar-refractivity contribution in [2.24, 2.45) is 5.92 Å². The van der Waals surface area contributed by atoms with E-state index in [0.717, 1.165) is 13.0 Å². The summed E-state index contributed by atoms with van der Waals surface area (Å²) >= 11 is 0. The molecule has 2 N–H and O–H groups in total. The standard InChI is InChI=1S/C18H29N5O3/c1-4-26-18(25)23-11-8-14(9-12-23)20-17(24)15-5-6-16(22-21-15)19-10-7-13(2)3/h5-6,13-14H,4,7-12H2,1-3H3,(H,19,22)(H,20,24). The molecule has 2 amide bonds. The van der Waals surface area contributed by atoms with Crippen LogP contribution in [-0.2, 0) is 4.74 Å². The Balaban J connectivity index is 1.77. The Kier molecular flexibility index (Phi) is 7.62. The number of aromatic nitrogens is 2. The zero-order valence-corrected chi connectivity index (χ0v) is 15.8. The van der Waals surface area contributed by atoms with Crippen LogP contribution in [0.1, 0.15) is 50.5 Å². The van der Waals surface area contributed by atoms with E-state index in [-0.39, 0.29) is 18.0 Å². The van der Waals surface area contributed by atoms with Gasteiger partial charge in [0, 0.05) is 25.7 Å². The second-order valence-corrected chi connectivity index (χ2v) is 6.85. The van der Waals surface area contributed by atoms with Gasteiger partial charge in [0.25, 0.3) is 5.91 Å². The largest absolute Gasteiger partial charge is 0.450 e. The van der Waals surface area contributed by atoms with Crippen LogP contribution >= 0.6 is 0 Å². The number of rotatable bonds is 7. The average molecular weight is 363 g/mol. The molecule has 2 heterocycles. The topological polar surface area (TPSA) is 96.5 Å². The van der Waals surface area contributed by atoms with Gasteiger partial charge in [-0.1, -0.05) is 13.8 Å². The molecule has 1 aliphatic heterocycles. The third kappa shape index (κ3) is 6.16. The molecule has 1 aromatic heterocycles. The molecule has 1 fully saturated rings. The number of anilines is 1. The average Bonchev–Trinajstić information content (AvgIpc) is 2.63. The van der Waals surface area contributed by atoms with Gasteiger partial charge in [-0.05, 0) is 44.2 Å². The summed E-state index contributed by atoms with van der Waals surface area (Å²) in [5.74, 6) is 1.06. The van der Waals surface area contributed by atoms with Crippen molar-refractivity contribution in [3.63, 3.8) is 0 Å². The summed E-state index contributed by atoms with van der Waals surface area (Å²) in [6, 6.07) is 3.47. The second-order valence-electron chi connectivity index (χ2n) is 6.85. The molecule has 144 valence electrons. The van der Waals surface area contributed by atoms with Crippen molar-refractivity contribution in [3.8, 4) is 0 Å². The number of nitrogens with zero attached hydrogens (tertiary/aromatic N) is 3.